The molecule has 1 unspecified atom stereocenters. The number of carbonyl (C=O) groups excluding carboxylic acids is 2. The molecule has 1 N–H and O–H groups in total. The van der Waals surface area contributed by atoms with Gasteiger partial charge in [0.25, 0.3) is 5.91 Å². The van der Waals surface area contributed by atoms with Crippen LogP contribution in [-0.4, -0.2) is 55.9 Å². The molecule has 0 bridgehead atoms. The van der Waals surface area contributed by atoms with Gasteiger partial charge in [-0.15, -0.1) is 11.3 Å². The molecule has 11 heteroatoms. The monoisotopic (exact) mass is 516 g/mol. The minimum absolute atomic E-state index is 0.159. The lowest BCUT2D eigenvalue weighted by Crippen LogP contribution is -2.39. The Bertz CT molecular complexity index is 1260. The summed E-state index contributed by atoms with van der Waals surface area (Å²) in [6.07, 6.45) is 1.96. The van der Waals surface area contributed by atoms with Crippen molar-refractivity contribution in [3.05, 3.63) is 45.8 Å². The summed E-state index contributed by atoms with van der Waals surface area (Å²) in [4.78, 5) is 27.6. The van der Waals surface area contributed by atoms with Crippen LogP contribution in [0.5, 0.6) is 0 Å². The molecule has 1 saturated heterocycles. The standard InChI is InChI=1S/C24H28N4O5S2/c1-3-33-24(30)27-12-10-19-20(13-25)23(34-21(19)15-27)26-22(29)17-6-8-18(9-7-17)35(31,32)28-11-4-5-16(2)14-28/h6-9,16H,3-5,10-12,14-15H2,1-2H3,(H,26,29). The molecule has 1 fully saturated rings. The number of nitrogens with zero attached hydrogens (tertiary/aromatic N) is 3. The highest BCUT2D eigenvalue weighted by atomic mass is 32.2. The van der Waals surface area contributed by atoms with Gasteiger partial charge < -0.3 is 15.0 Å². The number of piperidine rings is 1. The van der Waals surface area contributed by atoms with E-state index >= 15 is 0 Å². The van der Waals surface area contributed by atoms with Crippen molar-refractivity contribution < 1.29 is 22.7 Å². The van der Waals surface area contributed by atoms with Gasteiger partial charge in [-0.2, -0.15) is 9.57 Å². The van der Waals surface area contributed by atoms with Crippen molar-refractivity contribution in [2.24, 2.45) is 5.92 Å². The fraction of sp³-hybridized carbons (Fsp3) is 0.458. The second kappa shape index (κ2) is 10.4. The zero-order valence-corrected chi connectivity index (χ0v) is 21.4. The molecule has 0 radical (unpaired) electrons. The Hall–Kier alpha value is -2.94. The summed E-state index contributed by atoms with van der Waals surface area (Å²) in [7, 11) is -3.61. The van der Waals surface area contributed by atoms with Crippen LogP contribution in [0.15, 0.2) is 29.2 Å². The number of rotatable bonds is 5. The molecule has 0 aliphatic carbocycles. The number of amides is 2. The molecular formula is C24H28N4O5S2. The van der Waals surface area contributed by atoms with E-state index < -0.39 is 22.0 Å². The quantitative estimate of drug-likeness (QED) is 0.645. The number of ether oxygens (including phenoxy) is 1. The van der Waals surface area contributed by atoms with Crippen LogP contribution in [0.25, 0.3) is 0 Å². The number of fused-ring (bicyclic) bond motifs is 1. The Balaban J connectivity index is 1.49. The highest BCUT2D eigenvalue weighted by Crippen LogP contribution is 2.37. The first-order chi connectivity index (χ1) is 16.7. The maximum atomic E-state index is 13.0. The van der Waals surface area contributed by atoms with Crippen molar-refractivity contribution in [1.82, 2.24) is 9.21 Å². The maximum absolute atomic E-state index is 13.0. The van der Waals surface area contributed by atoms with Crippen molar-refractivity contribution in [3.63, 3.8) is 0 Å². The number of hydrogen-bond donors (Lipinski definition) is 1. The van der Waals surface area contributed by atoms with E-state index in [-0.39, 0.29) is 11.5 Å². The summed E-state index contributed by atoms with van der Waals surface area (Å²) < 4.78 is 32.5. The van der Waals surface area contributed by atoms with Gasteiger partial charge in [-0.1, -0.05) is 6.92 Å². The molecule has 9 nitrogen and oxygen atoms in total. The number of carbonyl (C=O) groups is 2. The van der Waals surface area contributed by atoms with E-state index in [1.807, 2.05) is 6.92 Å². The molecule has 1 aromatic heterocycles. The summed E-state index contributed by atoms with van der Waals surface area (Å²) in [6.45, 7) is 5.84. The lowest BCUT2D eigenvalue weighted by molar-refractivity contribution is 0.102. The van der Waals surface area contributed by atoms with Crippen molar-refractivity contribution in [3.8, 4) is 6.07 Å². The minimum atomic E-state index is -3.61. The van der Waals surface area contributed by atoms with E-state index in [1.165, 1.54) is 39.9 Å². The van der Waals surface area contributed by atoms with Crippen molar-refractivity contribution in [1.29, 1.82) is 5.26 Å². The second-order valence-electron chi connectivity index (χ2n) is 8.78. The second-order valence-corrected chi connectivity index (χ2v) is 11.8. The molecule has 35 heavy (non-hydrogen) atoms. The fourth-order valence-corrected chi connectivity index (χ4v) is 7.25. The van der Waals surface area contributed by atoms with E-state index in [1.54, 1.807) is 11.8 Å². The van der Waals surface area contributed by atoms with Crippen LogP contribution < -0.4 is 5.32 Å². The van der Waals surface area contributed by atoms with Crippen LogP contribution in [0.4, 0.5) is 9.80 Å². The molecule has 2 aromatic rings. The fourth-order valence-electron chi connectivity index (χ4n) is 4.45. The first kappa shape index (κ1) is 25.2. The molecule has 1 aromatic carbocycles. The predicted octanol–water partition coefficient (Wildman–Crippen LogP) is 3.81. The molecule has 186 valence electrons. The number of nitrogens with one attached hydrogen (secondary N) is 1. The minimum Gasteiger partial charge on any atom is -0.450 e. The topological polar surface area (TPSA) is 120 Å². The largest absolute Gasteiger partial charge is 0.450 e. The molecule has 2 aliphatic heterocycles. The van der Waals surface area contributed by atoms with Gasteiger partial charge in [-0.25, -0.2) is 13.2 Å². The third-order valence-corrected chi connectivity index (χ3v) is 9.31. The lowest BCUT2D eigenvalue weighted by atomic mass is 10.0. The summed E-state index contributed by atoms with van der Waals surface area (Å²) in [5.41, 5.74) is 1.53. The smallest absolute Gasteiger partial charge is 0.410 e. The van der Waals surface area contributed by atoms with E-state index in [4.69, 9.17) is 4.74 Å². The van der Waals surface area contributed by atoms with Crippen molar-refractivity contribution >= 4 is 38.4 Å². The molecule has 2 amide bonds. The van der Waals surface area contributed by atoms with Gasteiger partial charge in [0.1, 0.15) is 11.1 Å². The van der Waals surface area contributed by atoms with Gasteiger partial charge in [0.05, 0.1) is 23.6 Å². The molecule has 0 saturated carbocycles. The van der Waals surface area contributed by atoms with Gasteiger partial charge in [-0.3, -0.25) is 4.79 Å². The van der Waals surface area contributed by atoms with Crippen molar-refractivity contribution in [2.45, 2.75) is 44.6 Å². The van der Waals surface area contributed by atoms with E-state index in [0.717, 1.165) is 23.3 Å². The number of hydrogen-bond acceptors (Lipinski definition) is 7. The molecule has 4 rings (SSSR count). The number of sulfonamides is 1. The van der Waals surface area contributed by atoms with Gasteiger partial charge in [0.2, 0.25) is 10.0 Å². The summed E-state index contributed by atoms with van der Waals surface area (Å²) >= 11 is 1.27. The van der Waals surface area contributed by atoms with E-state index in [9.17, 15) is 23.3 Å². The first-order valence-corrected chi connectivity index (χ1v) is 13.9. The predicted molar refractivity (Wildman–Crippen MR) is 132 cm³/mol. The Morgan fingerprint density at radius 1 is 1.26 bits per heavy atom. The summed E-state index contributed by atoms with van der Waals surface area (Å²) in [5, 5.41) is 12.9. The molecule has 2 aliphatic rings. The first-order valence-electron chi connectivity index (χ1n) is 11.6. The van der Waals surface area contributed by atoms with Gasteiger partial charge in [0, 0.05) is 30.1 Å². The third kappa shape index (κ3) is 5.19. The Morgan fingerprint density at radius 3 is 2.66 bits per heavy atom. The van der Waals surface area contributed by atoms with Crippen LogP contribution in [0, 0.1) is 17.2 Å². The van der Waals surface area contributed by atoms with Crippen LogP contribution in [0.3, 0.4) is 0 Å². The summed E-state index contributed by atoms with van der Waals surface area (Å²) in [5.74, 6) is -0.114. The van der Waals surface area contributed by atoms with E-state index in [2.05, 4.69) is 11.4 Å². The molecule has 3 heterocycles. The number of anilines is 1. The molecular weight excluding hydrogens is 488 g/mol. The third-order valence-electron chi connectivity index (χ3n) is 6.30. The van der Waals surface area contributed by atoms with E-state index in [0.29, 0.717) is 54.6 Å². The highest BCUT2D eigenvalue weighted by Gasteiger charge is 2.30. The summed E-state index contributed by atoms with van der Waals surface area (Å²) in [6, 6.07) is 8.04. The Morgan fingerprint density at radius 2 is 2.00 bits per heavy atom. The highest BCUT2D eigenvalue weighted by molar-refractivity contribution is 7.89. The van der Waals surface area contributed by atoms with Gasteiger partial charge >= 0.3 is 6.09 Å². The Kier molecular flexibility index (Phi) is 7.44. The van der Waals surface area contributed by atoms with Crippen LogP contribution in [-0.2, 0) is 27.7 Å². The van der Waals surface area contributed by atoms with Crippen LogP contribution in [0.1, 0.15) is 53.1 Å². The Labute approximate surface area is 209 Å². The van der Waals surface area contributed by atoms with Crippen LogP contribution >= 0.6 is 11.3 Å². The van der Waals surface area contributed by atoms with Crippen molar-refractivity contribution in [2.75, 3.05) is 31.6 Å². The molecule has 0 spiro atoms. The normalized spacial score (nSPS) is 18.4. The average molecular weight is 517 g/mol. The van der Waals surface area contributed by atoms with Gasteiger partial charge in [-0.05, 0) is 61.9 Å². The number of benzene rings is 1. The zero-order chi connectivity index (χ0) is 25.2. The SMILES string of the molecule is CCOC(=O)N1CCc2c(sc(NC(=O)c3ccc(S(=O)(=O)N4CCCC(C)C4)cc3)c2C#N)C1. The van der Waals surface area contributed by atoms with Gasteiger partial charge in [0.15, 0.2) is 0 Å². The molecule has 1 atom stereocenters. The number of thiophene rings is 1. The van der Waals surface area contributed by atoms with Crippen LogP contribution in [0.2, 0.25) is 0 Å². The lowest BCUT2D eigenvalue weighted by Gasteiger charge is -2.30. The maximum Gasteiger partial charge on any atom is 0.410 e. The zero-order valence-electron chi connectivity index (χ0n) is 19.7. The average Bonchev–Trinajstić information content (AvgIpc) is 3.20. The number of nitriles is 1.